The Morgan fingerprint density at radius 2 is 1.95 bits per heavy atom. The van der Waals surface area contributed by atoms with E-state index in [0.29, 0.717) is 12.4 Å². The molecule has 0 fully saturated rings. The molecule has 6 nitrogen and oxygen atoms in total. The summed E-state index contributed by atoms with van der Waals surface area (Å²) >= 11 is 0. The quantitative estimate of drug-likeness (QED) is 0.807. The van der Waals surface area contributed by atoms with Crippen molar-refractivity contribution in [3.63, 3.8) is 0 Å². The van der Waals surface area contributed by atoms with Gasteiger partial charge in [-0.25, -0.2) is 18.1 Å². The minimum atomic E-state index is -3.52. The molecule has 1 heterocycles. The van der Waals surface area contributed by atoms with E-state index in [-0.39, 0.29) is 10.4 Å². The molecule has 108 valence electrons. The van der Waals surface area contributed by atoms with Gasteiger partial charge in [0.1, 0.15) is 10.7 Å². The third kappa shape index (κ3) is 4.15. The third-order valence-corrected chi connectivity index (χ3v) is 4.59. The Morgan fingerprint density at radius 1 is 1.32 bits per heavy atom. The second-order valence-electron chi connectivity index (χ2n) is 5.16. The first-order valence-corrected chi connectivity index (χ1v) is 7.48. The molecule has 1 aromatic heterocycles. The molecule has 1 rings (SSSR count). The Morgan fingerprint density at radius 3 is 2.37 bits per heavy atom. The Balaban J connectivity index is 2.81. The van der Waals surface area contributed by atoms with Gasteiger partial charge in [0.05, 0.1) is 0 Å². The van der Waals surface area contributed by atoms with Crippen LogP contribution in [-0.2, 0) is 10.0 Å². The van der Waals surface area contributed by atoms with Crippen LogP contribution in [0.1, 0.15) is 13.8 Å². The minimum absolute atomic E-state index is 0.168. The largest absolute Gasteiger partial charge is 0.373 e. The Hall–Kier alpha value is -1.18. The van der Waals surface area contributed by atoms with Gasteiger partial charge in [-0.3, -0.25) is 0 Å². The van der Waals surface area contributed by atoms with Gasteiger partial charge in [-0.1, -0.05) is 0 Å². The summed E-state index contributed by atoms with van der Waals surface area (Å²) in [5, 5.41) is 2.84. The minimum Gasteiger partial charge on any atom is -0.373 e. The summed E-state index contributed by atoms with van der Waals surface area (Å²) in [4.78, 5) is 6.14. The first kappa shape index (κ1) is 15.9. The number of nitrogens with zero attached hydrogens (tertiary/aromatic N) is 2. The summed E-state index contributed by atoms with van der Waals surface area (Å²) in [6, 6.07) is 3.16. The lowest BCUT2D eigenvalue weighted by Crippen LogP contribution is -2.48. The monoisotopic (exact) mass is 286 g/mol. The van der Waals surface area contributed by atoms with Crippen molar-refractivity contribution in [2.45, 2.75) is 24.3 Å². The van der Waals surface area contributed by atoms with Gasteiger partial charge >= 0.3 is 0 Å². The Bertz CT molecular complexity index is 509. The maximum atomic E-state index is 12.1. The van der Waals surface area contributed by atoms with Crippen LogP contribution >= 0.6 is 0 Å². The second kappa shape index (κ2) is 5.85. The predicted octanol–water partition coefficient (Wildman–Crippen LogP) is 0.742. The zero-order chi connectivity index (χ0) is 14.7. The fraction of sp³-hybridized carbons (Fsp3) is 0.583. The van der Waals surface area contributed by atoms with Gasteiger partial charge in [0.15, 0.2) is 0 Å². The molecule has 0 amide bonds. The molecule has 19 heavy (non-hydrogen) atoms. The van der Waals surface area contributed by atoms with Crippen molar-refractivity contribution in [2.75, 3.05) is 33.0 Å². The molecule has 0 unspecified atom stereocenters. The maximum absolute atomic E-state index is 12.1. The number of hydrogen-bond acceptors (Lipinski definition) is 5. The van der Waals surface area contributed by atoms with Crippen LogP contribution in [0.2, 0.25) is 0 Å². The highest BCUT2D eigenvalue weighted by atomic mass is 32.2. The van der Waals surface area contributed by atoms with Crippen molar-refractivity contribution in [3.8, 4) is 0 Å². The van der Waals surface area contributed by atoms with Gasteiger partial charge in [-0.2, -0.15) is 0 Å². The highest BCUT2D eigenvalue weighted by Gasteiger charge is 2.24. The molecule has 0 saturated carbocycles. The topological polar surface area (TPSA) is 74.3 Å². The van der Waals surface area contributed by atoms with Gasteiger partial charge in [-0.15, -0.1) is 0 Å². The number of likely N-dealkylation sites (N-methyl/N-ethyl adjacent to an activating group) is 1. The number of pyridine rings is 1. The average molecular weight is 286 g/mol. The molecule has 0 saturated heterocycles. The molecule has 2 N–H and O–H groups in total. The highest BCUT2D eigenvalue weighted by Crippen LogP contribution is 2.13. The first-order valence-electron chi connectivity index (χ1n) is 6.00. The molecule has 0 spiro atoms. The van der Waals surface area contributed by atoms with Crippen LogP contribution in [0.5, 0.6) is 0 Å². The molecule has 0 aliphatic heterocycles. The lowest BCUT2D eigenvalue weighted by molar-refractivity contribution is 0.199. The SMILES string of the molecule is CNc1ccc(S(=O)(=O)NCC(C)(C)N(C)C)cn1. The molecule has 1 aromatic rings. The van der Waals surface area contributed by atoms with Crippen LogP contribution in [-0.4, -0.2) is 51.5 Å². The fourth-order valence-corrected chi connectivity index (χ4v) is 2.35. The van der Waals surface area contributed by atoms with Crippen LogP contribution in [0.25, 0.3) is 0 Å². The molecule has 0 aliphatic rings. The molecule has 7 heteroatoms. The number of aromatic nitrogens is 1. The van der Waals surface area contributed by atoms with Crippen molar-refractivity contribution in [3.05, 3.63) is 18.3 Å². The van der Waals surface area contributed by atoms with Crippen LogP contribution in [0.3, 0.4) is 0 Å². The van der Waals surface area contributed by atoms with E-state index in [1.807, 2.05) is 32.8 Å². The van der Waals surface area contributed by atoms with E-state index in [0.717, 1.165) is 0 Å². The van der Waals surface area contributed by atoms with Crippen molar-refractivity contribution in [1.29, 1.82) is 0 Å². The first-order chi connectivity index (χ1) is 8.69. The average Bonchev–Trinajstić information content (AvgIpc) is 2.36. The van der Waals surface area contributed by atoms with E-state index in [4.69, 9.17) is 0 Å². The molecule has 0 radical (unpaired) electrons. The summed E-state index contributed by atoms with van der Waals surface area (Å²) in [7, 11) is 2.04. The van der Waals surface area contributed by atoms with Crippen molar-refractivity contribution in [2.24, 2.45) is 0 Å². The molecule has 0 atom stereocenters. The zero-order valence-corrected chi connectivity index (χ0v) is 12.9. The van der Waals surface area contributed by atoms with Crippen LogP contribution in [0.4, 0.5) is 5.82 Å². The predicted molar refractivity (Wildman–Crippen MR) is 76.7 cm³/mol. The van der Waals surface area contributed by atoms with Crippen LogP contribution in [0, 0.1) is 0 Å². The molecule has 0 aromatic carbocycles. The Labute approximate surface area is 115 Å². The third-order valence-electron chi connectivity index (χ3n) is 3.21. The molecule has 0 aliphatic carbocycles. The van der Waals surface area contributed by atoms with E-state index in [9.17, 15) is 8.42 Å². The molecular formula is C12H22N4O2S. The number of sulfonamides is 1. The lowest BCUT2D eigenvalue weighted by Gasteiger charge is -2.32. The molecular weight excluding hydrogens is 264 g/mol. The highest BCUT2D eigenvalue weighted by molar-refractivity contribution is 7.89. The maximum Gasteiger partial charge on any atom is 0.242 e. The fourth-order valence-electron chi connectivity index (χ4n) is 1.20. The summed E-state index contributed by atoms with van der Waals surface area (Å²) in [5.41, 5.74) is -0.259. The summed E-state index contributed by atoms with van der Waals surface area (Å²) in [6.07, 6.45) is 1.34. The number of rotatable bonds is 6. The molecule has 0 bridgehead atoms. The number of hydrogen-bond donors (Lipinski definition) is 2. The van der Waals surface area contributed by atoms with Crippen molar-refractivity contribution >= 4 is 15.8 Å². The van der Waals surface area contributed by atoms with Gasteiger partial charge in [0.2, 0.25) is 10.0 Å². The zero-order valence-electron chi connectivity index (χ0n) is 12.1. The van der Waals surface area contributed by atoms with Crippen molar-refractivity contribution < 1.29 is 8.42 Å². The van der Waals surface area contributed by atoms with E-state index in [1.54, 1.807) is 13.1 Å². The number of nitrogens with one attached hydrogen (secondary N) is 2. The lowest BCUT2D eigenvalue weighted by atomic mass is 10.1. The van der Waals surface area contributed by atoms with Crippen LogP contribution in [0.15, 0.2) is 23.2 Å². The van der Waals surface area contributed by atoms with E-state index in [1.165, 1.54) is 12.3 Å². The second-order valence-corrected chi connectivity index (χ2v) is 6.93. The van der Waals surface area contributed by atoms with E-state index in [2.05, 4.69) is 15.0 Å². The van der Waals surface area contributed by atoms with Crippen LogP contribution < -0.4 is 10.0 Å². The smallest absolute Gasteiger partial charge is 0.242 e. The van der Waals surface area contributed by atoms with Gasteiger partial charge in [-0.05, 0) is 40.1 Å². The summed E-state index contributed by atoms with van der Waals surface area (Å²) in [6.45, 7) is 4.27. The van der Waals surface area contributed by atoms with Gasteiger partial charge in [0.25, 0.3) is 0 Å². The summed E-state index contributed by atoms with van der Waals surface area (Å²) in [5.74, 6) is 0.632. The van der Waals surface area contributed by atoms with E-state index < -0.39 is 10.0 Å². The normalized spacial score (nSPS) is 12.7. The van der Waals surface area contributed by atoms with Gasteiger partial charge < -0.3 is 10.2 Å². The van der Waals surface area contributed by atoms with Crippen molar-refractivity contribution in [1.82, 2.24) is 14.6 Å². The Kier molecular flexibility index (Phi) is 4.89. The van der Waals surface area contributed by atoms with Gasteiger partial charge in [0, 0.05) is 25.3 Å². The summed E-state index contributed by atoms with van der Waals surface area (Å²) < 4.78 is 26.8. The number of anilines is 1. The standard InChI is InChI=1S/C12H22N4O2S/c1-12(2,16(4)5)9-15-19(17,18)10-6-7-11(13-3)14-8-10/h6-8,15H,9H2,1-5H3,(H,13,14). The van der Waals surface area contributed by atoms with E-state index >= 15 is 0 Å².